The molecule has 1 heterocycles. The quantitative estimate of drug-likeness (QED) is 0.701. The molecule has 0 atom stereocenters. The molecule has 0 bridgehead atoms. The monoisotopic (exact) mass is 198 g/mol. The van der Waals surface area contributed by atoms with Crippen molar-refractivity contribution in [2.24, 2.45) is 0 Å². The van der Waals surface area contributed by atoms with Crippen LogP contribution >= 0.6 is 11.6 Å². The van der Waals surface area contributed by atoms with Gasteiger partial charge in [0.05, 0.1) is 5.39 Å². The molecular weight excluding hydrogens is 195 g/mol. The zero-order chi connectivity index (χ0) is 9.42. The zero-order valence-corrected chi connectivity index (χ0v) is 7.10. The average molecular weight is 199 g/mol. The van der Waals surface area contributed by atoms with E-state index in [4.69, 9.17) is 11.6 Å². The van der Waals surface area contributed by atoms with Gasteiger partial charge in [0.15, 0.2) is 5.15 Å². The number of fused-ring (bicyclic) bond motifs is 1. The van der Waals surface area contributed by atoms with E-state index in [1.165, 1.54) is 12.1 Å². The molecule has 0 aliphatic heterocycles. The van der Waals surface area contributed by atoms with Gasteiger partial charge < -0.3 is 0 Å². The molecule has 2 aromatic rings. The number of aromatic amines is 1. The second-order valence-corrected chi connectivity index (χ2v) is 2.86. The molecule has 1 aromatic heterocycles. The lowest BCUT2D eigenvalue weighted by molar-refractivity contribution is 0.638. The Morgan fingerprint density at radius 2 is 2.23 bits per heavy atom. The summed E-state index contributed by atoms with van der Waals surface area (Å²) in [6, 6.07) is 4.22. The summed E-state index contributed by atoms with van der Waals surface area (Å²) in [5.41, 5.74) is -0.572. The predicted molar refractivity (Wildman–Crippen MR) is 47.3 cm³/mol. The Hall–Kier alpha value is -1.42. The maximum absolute atomic E-state index is 13.1. The molecule has 0 saturated heterocycles. The number of nitrogens with zero attached hydrogens (tertiary/aromatic N) is 1. The highest BCUT2D eigenvalue weighted by atomic mass is 35.5. The summed E-state index contributed by atoms with van der Waals surface area (Å²) in [5, 5.41) is 5.98. The average Bonchev–Trinajstić information content (AvgIpc) is 2.12. The molecule has 0 spiro atoms. The van der Waals surface area contributed by atoms with Crippen molar-refractivity contribution in [3.05, 3.63) is 39.5 Å². The van der Waals surface area contributed by atoms with Gasteiger partial charge in [0.1, 0.15) is 5.82 Å². The Kier molecular flexibility index (Phi) is 1.77. The fraction of sp³-hybridized carbons (Fsp3) is 0. The van der Waals surface area contributed by atoms with Gasteiger partial charge in [-0.3, -0.25) is 4.79 Å². The SMILES string of the molecule is O=c1[nH]nc(Cl)c2cccc(F)c12. The minimum Gasteiger partial charge on any atom is -0.267 e. The third-order valence-electron chi connectivity index (χ3n) is 1.72. The number of aromatic nitrogens is 2. The van der Waals surface area contributed by atoms with E-state index in [0.717, 1.165) is 0 Å². The van der Waals surface area contributed by atoms with E-state index in [0.29, 0.717) is 5.39 Å². The fourth-order valence-corrected chi connectivity index (χ4v) is 1.34. The second-order valence-electron chi connectivity index (χ2n) is 2.51. The Morgan fingerprint density at radius 3 is 2.92 bits per heavy atom. The summed E-state index contributed by atoms with van der Waals surface area (Å²) in [6.07, 6.45) is 0. The van der Waals surface area contributed by atoms with E-state index in [1.807, 2.05) is 0 Å². The lowest BCUT2D eigenvalue weighted by atomic mass is 10.2. The van der Waals surface area contributed by atoms with Crippen LogP contribution in [0.2, 0.25) is 5.15 Å². The number of nitrogens with one attached hydrogen (secondary N) is 1. The molecule has 13 heavy (non-hydrogen) atoms. The molecule has 0 unspecified atom stereocenters. The smallest absolute Gasteiger partial charge is 0.267 e. The first kappa shape index (κ1) is 8.19. The van der Waals surface area contributed by atoms with Gasteiger partial charge in [-0.15, -0.1) is 0 Å². The van der Waals surface area contributed by atoms with Crippen molar-refractivity contribution >= 4 is 22.4 Å². The van der Waals surface area contributed by atoms with Crippen molar-refractivity contribution in [3.8, 4) is 0 Å². The van der Waals surface area contributed by atoms with E-state index >= 15 is 0 Å². The highest BCUT2D eigenvalue weighted by molar-refractivity contribution is 6.34. The third-order valence-corrected chi connectivity index (χ3v) is 2.01. The molecular formula is C8H4ClFN2O. The second kappa shape index (κ2) is 2.81. The normalized spacial score (nSPS) is 10.6. The Labute approximate surface area is 77.2 Å². The molecule has 0 fully saturated rings. The molecule has 0 aliphatic rings. The van der Waals surface area contributed by atoms with Gasteiger partial charge in [-0.1, -0.05) is 23.7 Å². The third kappa shape index (κ3) is 1.19. The van der Waals surface area contributed by atoms with Crippen LogP contribution in [-0.4, -0.2) is 10.2 Å². The molecule has 1 aromatic carbocycles. The summed E-state index contributed by atoms with van der Waals surface area (Å²) in [7, 11) is 0. The molecule has 0 saturated carbocycles. The van der Waals surface area contributed by atoms with Crippen molar-refractivity contribution < 1.29 is 4.39 Å². The van der Waals surface area contributed by atoms with Gasteiger partial charge in [-0.25, -0.2) is 9.49 Å². The largest absolute Gasteiger partial charge is 0.275 e. The first-order valence-electron chi connectivity index (χ1n) is 3.52. The molecule has 2 rings (SSSR count). The van der Waals surface area contributed by atoms with Crippen LogP contribution in [0.5, 0.6) is 0 Å². The van der Waals surface area contributed by atoms with Crippen LogP contribution in [0.1, 0.15) is 0 Å². The van der Waals surface area contributed by atoms with Crippen LogP contribution in [0.15, 0.2) is 23.0 Å². The molecule has 3 nitrogen and oxygen atoms in total. The zero-order valence-electron chi connectivity index (χ0n) is 6.34. The summed E-state index contributed by atoms with van der Waals surface area (Å²) < 4.78 is 13.1. The highest BCUT2D eigenvalue weighted by Crippen LogP contribution is 2.18. The van der Waals surface area contributed by atoms with E-state index in [-0.39, 0.29) is 10.5 Å². The van der Waals surface area contributed by atoms with E-state index in [2.05, 4.69) is 10.2 Å². The molecule has 66 valence electrons. The minimum atomic E-state index is -0.594. The molecule has 0 aliphatic carbocycles. The maximum atomic E-state index is 13.1. The maximum Gasteiger partial charge on any atom is 0.275 e. The van der Waals surface area contributed by atoms with Crippen molar-refractivity contribution in [2.45, 2.75) is 0 Å². The van der Waals surface area contributed by atoms with Crippen molar-refractivity contribution in [2.75, 3.05) is 0 Å². The summed E-state index contributed by atoms with van der Waals surface area (Å²) >= 11 is 5.65. The van der Waals surface area contributed by atoms with E-state index in [9.17, 15) is 9.18 Å². The van der Waals surface area contributed by atoms with Crippen LogP contribution < -0.4 is 5.56 Å². The number of halogens is 2. The van der Waals surface area contributed by atoms with Crippen LogP contribution in [0.3, 0.4) is 0 Å². The van der Waals surface area contributed by atoms with Crippen molar-refractivity contribution in [1.82, 2.24) is 10.2 Å². The molecule has 0 radical (unpaired) electrons. The molecule has 1 N–H and O–H groups in total. The summed E-state index contributed by atoms with van der Waals surface area (Å²) in [4.78, 5) is 11.1. The number of benzene rings is 1. The molecule has 5 heteroatoms. The number of rotatable bonds is 0. The van der Waals surface area contributed by atoms with Crippen LogP contribution in [0, 0.1) is 5.82 Å². The van der Waals surface area contributed by atoms with Crippen molar-refractivity contribution in [1.29, 1.82) is 0 Å². The topological polar surface area (TPSA) is 45.8 Å². The van der Waals surface area contributed by atoms with Gasteiger partial charge in [0.2, 0.25) is 0 Å². The lowest BCUT2D eigenvalue weighted by Gasteiger charge is -1.98. The van der Waals surface area contributed by atoms with Gasteiger partial charge in [0.25, 0.3) is 5.56 Å². The van der Waals surface area contributed by atoms with Crippen LogP contribution in [0.4, 0.5) is 4.39 Å². The molecule has 0 amide bonds. The first-order valence-corrected chi connectivity index (χ1v) is 3.90. The fourth-order valence-electron chi connectivity index (χ4n) is 1.14. The van der Waals surface area contributed by atoms with Crippen molar-refractivity contribution in [3.63, 3.8) is 0 Å². The van der Waals surface area contributed by atoms with Crippen LogP contribution in [0.25, 0.3) is 10.8 Å². The van der Waals surface area contributed by atoms with E-state index in [1.54, 1.807) is 6.07 Å². The van der Waals surface area contributed by atoms with Crippen LogP contribution in [-0.2, 0) is 0 Å². The Bertz CT molecular complexity index is 523. The highest BCUT2D eigenvalue weighted by Gasteiger charge is 2.07. The predicted octanol–water partition coefficient (Wildman–Crippen LogP) is 1.72. The number of hydrogen-bond acceptors (Lipinski definition) is 2. The number of H-pyrrole nitrogens is 1. The van der Waals surface area contributed by atoms with Gasteiger partial charge >= 0.3 is 0 Å². The van der Waals surface area contributed by atoms with Gasteiger partial charge in [-0.05, 0) is 6.07 Å². The standard InChI is InChI=1S/C8H4ClFN2O/c9-7-4-2-1-3-5(10)6(4)8(13)12-11-7/h1-3H,(H,12,13). The first-order chi connectivity index (χ1) is 6.20. The Balaban J connectivity index is 3.09. The summed E-state index contributed by atoms with van der Waals surface area (Å²) in [6.45, 7) is 0. The van der Waals surface area contributed by atoms with Gasteiger partial charge in [-0.2, -0.15) is 5.10 Å². The van der Waals surface area contributed by atoms with Gasteiger partial charge in [0, 0.05) is 5.39 Å². The van der Waals surface area contributed by atoms with E-state index < -0.39 is 11.4 Å². The lowest BCUT2D eigenvalue weighted by Crippen LogP contribution is -2.09. The minimum absolute atomic E-state index is 0.0532. The number of hydrogen-bond donors (Lipinski definition) is 1. The Morgan fingerprint density at radius 1 is 1.46 bits per heavy atom. The summed E-state index contributed by atoms with van der Waals surface area (Å²) in [5.74, 6) is -0.594.